The number of nitrogens with zero attached hydrogens (tertiary/aromatic N) is 1. The van der Waals surface area contributed by atoms with Crippen LogP contribution in [0.4, 0.5) is 5.69 Å². The maximum Gasteiger partial charge on any atom is 0.344 e. The molecule has 0 radical (unpaired) electrons. The Balaban J connectivity index is 0.868. The van der Waals surface area contributed by atoms with Gasteiger partial charge in [0.15, 0.2) is 0 Å². The summed E-state index contributed by atoms with van der Waals surface area (Å²) >= 11 is 0. The average molecular weight is 886 g/mol. The summed E-state index contributed by atoms with van der Waals surface area (Å²) < 4.78 is 12.7. The average Bonchev–Trinajstić information content (AvgIpc) is 3.35. The molecule has 8 aromatic carbocycles. The summed E-state index contributed by atoms with van der Waals surface area (Å²) in [6.45, 7) is 13.6. The zero-order chi connectivity index (χ0) is 46.2. The summed E-state index contributed by atoms with van der Waals surface area (Å²) in [6.07, 6.45) is 8.89. The molecule has 2 atom stereocenters. The molecule has 0 N–H and O–H groups in total. The molecule has 0 bridgehead atoms. The molecule has 4 heterocycles. The van der Waals surface area contributed by atoms with E-state index in [9.17, 15) is 9.59 Å². The van der Waals surface area contributed by atoms with E-state index in [1.165, 1.54) is 16.8 Å². The number of hydrogen-bond acceptors (Lipinski definition) is 5. The molecular weight excluding hydrogens is 835 g/mol. The number of fused-ring (bicyclic) bond motifs is 10. The third kappa shape index (κ3) is 6.14. The summed E-state index contributed by atoms with van der Waals surface area (Å²) in [7, 11) is 0. The molecule has 68 heavy (non-hydrogen) atoms. The Kier molecular flexibility index (Phi) is 8.84. The van der Waals surface area contributed by atoms with Gasteiger partial charge in [-0.1, -0.05) is 162 Å². The van der Waals surface area contributed by atoms with Gasteiger partial charge in [0.25, 0.3) is 0 Å². The molecular formula is C63H51NO4. The molecule has 0 fully saturated rings. The van der Waals surface area contributed by atoms with Crippen LogP contribution in [0.2, 0.25) is 0 Å². The van der Waals surface area contributed by atoms with E-state index in [1.54, 1.807) is 0 Å². The Bertz CT molecular complexity index is 4010. The molecule has 332 valence electrons. The van der Waals surface area contributed by atoms with Gasteiger partial charge in [0.05, 0.1) is 5.56 Å². The summed E-state index contributed by atoms with van der Waals surface area (Å²) in [5, 5.41) is 10.6. The number of allylic oxidation sites excluding steroid dienone is 4. The van der Waals surface area contributed by atoms with Crippen molar-refractivity contribution in [3.63, 3.8) is 0 Å². The maximum atomic E-state index is 14.3. The highest BCUT2D eigenvalue weighted by molar-refractivity contribution is 6.24. The molecule has 10 aromatic rings. The van der Waals surface area contributed by atoms with Gasteiger partial charge in [0.1, 0.15) is 11.2 Å². The van der Waals surface area contributed by atoms with Gasteiger partial charge in [-0.2, -0.15) is 0 Å². The van der Waals surface area contributed by atoms with E-state index in [2.05, 4.69) is 161 Å². The van der Waals surface area contributed by atoms with Crippen LogP contribution in [0.15, 0.2) is 176 Å². The van der Waals surface area contributed by atoms with Crippen LogP contribution in [-0.2, 0) is 10.8 Å². The first kappa shape index (κ1) is 40.7. The molecule has 3 aliphatic rings. The molecule has 2 unspecified atom stereocenters. The monoisotopic (exact) mass is 885 g/mol. The molecule has 0 amide bonds. The van der Waals surface area contributed by atoms with E-state index in [1.807, 2.05) is 36.4 Å². The third-order valence-corrected chi connectivity index (χ3v) is 15.9. The minimum atomic E-state index is -0.350. The Morgan fingerprint density at radius 3 is 1.84 bits per heavy atom. The lowest BCUT2D eigenvalue weighted by Crippen LogP contribution is -2.44. The van der Waals surface area contributed by atoms with Crippen LogP contribution in [-0.4, -0.2) is 13.1 Å². The molecule has 5 heteroatoms. The number of benzene rings is 8. The van der Waals surface area contributed by atoms with Crippen molar-refractivity contribution in [3.8, 4) is 22.3 Å². The van der Waals surface area contributed by atoms with Gasteiger partial charge < -0.3 is 13.7 Å². The fourth-order valence-corrected chi connectivity index (χ4v) is 12.1. The fraction of sp³-hybridized carbons (Fsp3) is 0.206. The Hall–Kier alpha value is -7.50. The highest BCUT2D eigenvalue weighted by Gasteiger charge is 2.42. The second-order valence-corrected chi connectivity index (χ2v) is 20.9. The zero-order valence-electron chi connectivity index (χ0n) is 39.1. The highest BCUT2D eigenvalue weighted by atomic mass is 16.4. The Morgan fingerprint density at radius 1 is 0.529 bits per heavy atom. The van der Waals surface area contributed by atoms with Crippen LogP contribution in [0.5, 0.6) is 0 Å². The van der Waals surface area contributed by atoms with Crippen molar-refractivity contribution in [1.82, 2.24) is 0 Å². The topological polar surface area (TPSA) is 63.7 Å². The number of anilines is 1. The second kappa shape index (κ2) is 14.7. The normalized spacial score (nSPS) is 18.5. The second-order valence-electron chi connectivity index (χ2n) is 20.9. The molecule has 2 aliphatic heterocycles. The van der Waals surface area contributed by atoms with Crippen molar-refractivity contribution in [2.45, 2.75) is 64.2 Å². The molecule has 13 rings (SSSR count). The predicted octanol–water partition coefficient (Wildman–Crippen LogP) is 15.4. The van der Waals surface area contributed by atoms with E-state index in [0.29, 0.717) is 16.7 Å². The zero-order valence-corrected chi connectivity index (χ0v) is 39.1. The largest absolute Gasteiger partial charge is 0.422 e. The lowest BCUT2D eigenvalue weighted by molar-refractivity contribution is 0.398. The lowest BCUT2D eigenvalue weighted by atomic mass is 9.69. The number of rotatable bonds is 4. The highest BCUT2D eigenvalue weighted by Crippen LogP contribution is 2.52. The van der Waals surface area contributed by atoms with Crippen molar-refractivity contribution in [1.29, 1.82) is 0 Å². The fourth-order valence-electron chi connectivity index (χ4n) is 12.1. The summed E-state index contributed by atoms with van der Waals surface area (Å²) in [5.41, 5.74) is 11.1. The van der Waals surface area contributed by atoms with Gasteiger partial charge in [-0.05, 0) is 131 Å². The quantitative estimate of drug-likeness (QED) is 0.130. The van der Waals surface area contributed by atoms with Crippen LogP contribution in [0.25, 0.3) is 92.9 Å². The molecule has 1 aliphatic carbocycles. The van der Waals surface area contributed by atoms with E-state index >= 15 is 0 Å². The first-order valence-corrected chi connectivity index (χ1v) is 24.2. The summed E-state index contributed by atoms with van der Waals surface area (Å²) in [4.78, 5) is 30.6. The van der Waals surface area contributed by atoms with Crippen molar-refractivity contribution < 1.29 is 8.83 Å². The predicted molar refractivity (Wildman–Crippen MR) is 282 cm³/mol. The van der Waals surface area contributed by atoms with Crippen molar-refractivity contribution >= 4 is 76.3 Å². The maximum absolute atomic E-state index is 14.3. The van der Waals surface area contributed by atoms with Gasteiger partial charge in [0, 0.05) is 52.0 Å². The van der Waals surface area contributed by atoms with Gasteiger partial charge in [0.2, 0.25) is 0 Å². The van der Waals surface area contributed by atoms with Gasteiger partial charge in [-0.25, -0.2) is 9.59 Å². The first-order valence-electron chi connectivity index (χ1n) is 24.2. The van der Waals surface area contributed by atoms with Gasteiger partial charge in [-0.15, -0.1) is 0 Å². The van der Waals surface area contributed by atoms with Crippen molar-refractivity contribution in [3.05, 3.63) is 201 Å². The molecule has 0 spiro atoms. The van der Waals surface area contributed by atoms with Crippen LogP contribution < -0.4 is 16.2 Å². The summed E-state index contributed by atoms with van der Waals surface area (Å²) in [5.74, 6) is -0.0391. The molecule has 0 saturated carbocycles. The molecule has 0 saturated heterocycles. The van der Waals surface area contributed by atoms with E-state index in [0.717, 1.165) is 113 Å². The molecule has 2 aromatic heterocycles. The third-order valence-electron chi connectivity index (χ3n) is 15.9. The van der Waals surface area contributed by atoms with E-state index in [-0.39, 0.29) is 33.9 Å². The molecule has 5 nitrogen and oxygen atoms in total. The van der Waals surface area contributed by atoms with Crippen molar-refractivity contribution in [2.24, 2.45) is 5.92 Å². The minimum Gasteiger partial charge on any atom is -0.422 e. The van der Waals surface area contributed by atoms with E-state index in [4.69, 9.17) is 8.83 Å². The standard InChI is InChI=1S/C63H51NO4/c1-36-20-21-41(32-51(36)54-33-42-34-55-57-56(58(42)67-61(54)66)63(4,5)27-29-64(57)28-26-62(55,2)3)44-17-11-18-45-43(16-10-19-46(44)45)39-24-22-38-31-40(25-23-37(38)30-39)52-35-53-49-14-7-6-12-47(49)48-13-8-9-15-50(48)59(53)68-60(52)65/h6-25,30-36,51H,26-29H2,1-5H3. The summed E-state index contributed by atoms with van der Waals surface area (Å²) in [6, 6.07) is 48.8. The van der Waals surface area contributed by atoms with Crippen LogP contribution in [0, 0.1) is 5.92 Å². The minimum absolute atomic E-state index is 0.0289. The smallest absolute Gasteiger partial charge is 0.344 e. The lowest BCUT2D eigenvalue weighted by Gasteiger charge is -2.48. The van der Waals surface area contributed by atoms with Gasteiger partial charge in [-0.3, -0.25) is 0 Å². The first-order chi connectivity index (χ1) is 32.9. The Labute approximate surface area is 394 Å². The van der Waals surface area contributed by atoms with Crippen molar-refractivity contribution in [2.75, 3.05) is 18.0 Å². The van der Waals surface area contributed by atoms with Gasteiger partial charge >= 0.3 is 11.3 Å². The van der Waals surface area contributed by atoms with Crippen LogP contribution >= 0.6 is 0 Å². The SMILES string of the molecule is CC1C=CC(c2cccc3c(-c4ccc5cc(-c6cc7c8ccccc8c8ccccc8c7oc6=O)ccc5c4)cccc23)=CC1c1cc2cc3c4c(c2oc1=O)C(C)(C)CCN4CCC3(C)C. The number of hydrogen-bond donors (Lipinski definition) is 0. The van der Waals surface area contributed by atoms with E-state index < -0.39 is 0 Å². The van der Waals surface area contributed by atoms with Crippen LogP contribution in [0.3, 0.4) is 0 Å². The Morgan fingerprint density at radius 2 is 1.12 bits per heavy atom. The van der Waals surface area contributed by atoms with Crippen LogP contribution in [0.1, 0.15) is 75.6 Å².